The number of nitrogens with one attached hydrogen (secondary N) is 1. The molecule has 0 atom stereocenters. The molecule has 1 rings (SSSR count). The third-order valence-electron chi connectivity index (χ3n) is 2.81. The molecule has 0 unspecified atom stereocenters. The van der Waals surface area contributed by atoms with E-state index in [0.29, 0.717) is 11.4 Å². The number of carbonyl (C=O) groups is 3. The topological polar surface area (TPSA) is 105 Å². The van der Waals surface area contributed by atoms with Gasteiger partial charge in [-0.1, -0.05) is 0 Å². The summed E-state index contributed by atoms with van der Waals surface area (Å²) in [6, 6.07) is 0. The van der Waals surface area contributed by atoms with Crippen LogP contribution in [0.25, 0.3) is 0 Å². The number of allylic oxidation sites excluding steroid dienone is 2. The average molecular weight is 268 g/mol. The number of carbonyl (C=O) groups excluding carboxylic acids is 3. The summed E-state index contributed by atoms with van der Waals surface area (Å²) in [4.78, 5) is 34.6. The molecule has 7 heteroatoms. The Morgan fingerprint density at radius 2 is 1.37 bits per heavy atom. The third kappa shape index (κ3) is 2.59. The molecule has 0 amide bonds. The minimum Gasteiger partial charge on any atom is -0.549 e. The Kier molecular flexibility index (Phi) is 4.31. The Bertz CT molecular complexity index is 464. The van der Waals surface area contributed by atoms with Crippen molar-refractivity contribution in [3.05, 3.63) is 22.5 Å². The highest BCUT2D eigenvalue weighted by Crippen LogP contribution is 2.30. The van der Waals surface area contributed by atoms with Crippen molar-refractivity contribution in [2.24, 2.45) is 5.92 Å². The molecule has 7 nitrogen and oxygen atoms in total. The van der Waals surface area contributed by atoms with Gasteiger partial charge in [-0.3, -0.25) is 0 Å². The average Bonchev–Trinajstić information content (AvgIpc) is 2.36. The standard InChI is InChI=1S/C12H15NO6/c1-5-7(11(16)18-3)9(10(14)15)8(6(2)13-5)12(17)19-4/h9,13H,1-4H3,(H,14,15)/p-1. The van der Waals surface area contributed by atoms with Gasteiger partial charge in [0.15, 0.2) is 0 Å². The number of carboxylic acids is 1. The third-order valence-corrected chi connectivity index (χ3v) is 2.81. The number of rotatable bonds is 3. The minimum atomic E-state index is -1.57. The molecule has 0 aromatic heterocycles. The zero-order valence-corrected chi connectivity index (χ0v) is 11.0. The van der Waals surface area contributed by atoms with Crippen LogP contribution >= 0.6 is 0 Å². The van der Waals surface area contributed by atoms with Gasteiger partial charge in [-0.25, -0.2) is 9.59 Å². The van der Waals surface area contributed by atoms with Crippen LogP contribution in [0.1, 0.15) is 13.8 Å². The summed E-state index contributed by atoms with van der Waals surface area (Å²) < 4.78 is 9.07. The molecular formula is C12H14NO6-. The number of carboxylic acid groups (broad SMARTS) is 1. The summed E-state index contributed by atoms with van der Waals surface area (Å²) in [5, 5.41) is 14.0. The number of esters is 2. The number of aliphatic carboxylic acids is 1. The van der Waals surface area contributed by atoms with E-state index in [2.05, 4.69) is 14.8 Å². The van der Waals surface area contributed by atoms with Crippen molar-refractivity contribution in [1.82, 2.24) is 5.32 Å². The first kappa shape index (κ1) is 14.7. The predicted octanol–water partition coefficient (Wildman–Crippen LogP) is -1.15. The van der Waals surface area contributed by atoms with E-state index in [4.69, 9.17) is 0 Å². The van der Waals surface area contributed by atoms with Crippen molar-refractivity contribution in [2.75, 3.05) is 14.2 Å². The van der Waals surface area contributed by atoms with E-state index < -0.39 is 23.8 Å². The van der Waals surface area contributed by atoms with E-state index >= 15 is 0 Å². The Morgan fingerprint density at radius 1 is 1.00 bits per heavy atom. The van der Waals surface area contributed by atoms with Crippen LogP contribution in [0.2, 0.25) is 0 Å². The second kappa shape index (κ2) is 5.55. The lowest BCUT2D eigenvalue weighted by molar-refractivity contribution is -0.309. The van der Waals surface area contributed by atoms with Crippen LogP contribution in [-0.2, 0) is 23.9 Å². The normalized spacial score (nSPS) is 16.0. The highest BCUT2D eigenvalue weighted by atomic mass is 16.5. The van der Waals surface area contributed by atoms with E-state index in [-0.39, 0.29) is 11.1 Å². The van der Waals surface area contributed by atoms with Crippen molar-refractivity contribution in [3.63, 3.8) is 0 Å². The monoisotopic (exact) mass is 268 g/mol. The van der Waals surface area contributed by atoms with Gasteiger partial charge in [0.2, 0.25) is 0 Å². The first-order valence-corrected chi connectivity index (χ1v) is 5.41. The maximum atomic E-state index is 11.7. The second-order valence-electron chi connectivity index (χ2n) is 3.94. The molecular weight excluding hydrogens is 254 g/mol. The van der Waals surface area contributed by atoms with Gasteiger partial charge >= 0.3 is 11.9 Å². The Morgan fingerprint density at radius 3 is 1.63 bits per heavy atom. The number of ether oxygens (including phenoxy) is 2. The van der Waals surface area contributed by atoms with E-state index in [1.807, 2.05) is 0 Å². The van der Waals surface area contributed by atoms with Crippen molar-refractivity contribution >= 4 is 17.9 Å². The summed E-state index contributed by atoms with van der Waals surface area (Å²) in [7, 11) is 2.25. The van der Waals surface area contributed by atoms with Gasteiger partial charge in [0.25, 0.3) is 0 Å². The zero-order chi connectivity index (χ0) is 14.7. The highest BCUT2D eigenvalue weighted by molar-refractivity contribution is 6.04. The molecule has 0 radical (unpaired) electrons. The molecule has 0 saturated heterocycles. The molecule has 0 aromatic carbocycles. The molecule has 19 heavy (non-hydrogen) atoms. The number of dihydropyridines is 1. The minimum absolute atomic E-state index is 0.173. The molecule has 0 bridgehead atoms. The van der Waals surface area contributed by atoms with Crippen molar-refractivity contribution < 1.29 is 29.0 Å². The van der Waals surface area contributed by atoms with Crippen LogP contribution in [0, 0.1) is 5.92 Å². The van der Waals surface area contributed by atoms with Crippen LogP contribution in [0.4, 0.5) is 0 Å². The van der Waals surface area contributed by atoms with E-state index in [1.54, 1.807) is 0 Å². The van der Waals surface area contributed by atoms with Gasteiger partial charge in [-0.15, -0.1) is 0 Å². The first-order chi connectivity index (χ1) is 8.84. The first-order valence-electron chi connectivity index (χ1n) is 5.41. The maximum Gasteiger partial charge on any atom is 0.336 e. The molecule has 0 fully saturated rings. The van der Waals surface area contributed by atoms with Gasteiger partial charge in [0.1, 0.15) is 0 Å². The quantitative estimate of drug-likeness (QED) is 0.644. The van der Waals surface area contributed by atoms with Crippen LogP contribution in [0.3, 0.4) is 0 Å². The fraction of sp³-hybridized carbons (Fsp3) is 0.417. The van der Waals surface area contributed by atoms with E-state index in [1.165, 1.54) is 13.8 Å². The largest absolute Gasteiger partial charge is 0.549 e. The van der Waals surface area contributed by atoms with Crippen LogP contribution < -0.4 is 10.4 Å². The molecule has 1 aliphatic heterocycles. The molecule has 1 N–H and O–H groups in total. The van der Waals surface area contributed by atoms with E-state index in [9.17, 15) is 19.5 Å². The van der Waals surface area contributed by atoms with Crippen molar-refractivity contribution in [2.45, 2.75) is 13.8 Å². The lowest BCUT2D eigenvalue weighted by atomic mass is 9.85. The van der Waals surface area contributed by atoms with Gasteiger partial charge in [-0.05, 0) is 13.8 Å². The summed E-state index contributed by atoms with van der Waals surface area (Å²) >= 11 is 0. The molecule has 104 valence electrons. The molecule has 1 heterocycles. The molecule has 0 aliphatic carbocycles. The summed E-state index contributed by atoms with van der Waals surface area (Å²) in [5.41, 5.74) is 0.249. The van der Waals surface area contributed by atoms with Crippen LogP contribution in [0.5, 0.6) is 0 Å². The van der Waals surface area contributed by atoms with Crippen molar-refractivity contribution in [1.29, 1.82) is 0 Å². The fourth-order valence-corrected chi connectivity index (χ4v) is 1.99. The molecule has 0 saturated carbocycles. The smallest absolute Gasteiger partial charge is 0.336 e. The van der Waals surface area contributed by atoms with Gasteiger partial charge in [0, 0.05) is 11.4 Å². The Balaban J connectivity index is 3.42. The summed E-state index contributed by atoms with van der Waals surface area (Å²) in [6.07, 6.45) is 0. The Labute approximate surface area is 109 Å². The fourth-order valence-electron chi connectivity index (χ4n) is 1.99. The zero-order valence-electron chi connectivity index (χ0n) is 11.0. The maximum absolute atomic E-state index is 11.7. The number of hydrogen-bond acceptors (Lipinski definition) is 7. The van der Waals surface area contributed by atoms with Crippen LogP contribution in [0.15, 0.2) is 22.5 Å². The van der Waals surface area contributed by atoms with Gasteiger partial charge in [-0.2, -0.15) is 0 Å². The van der Waals surface area contributed by atoms with Crippen LogP contribution in [-0.4, -0.2) is 32.1 Å². The second-order valence-corrected chi connectivity index (χ2v) is 3.94. The van der Waals surface area contributed by atoms with Crippen molar-refractivity contribution in [3.8, 4) is 0 Å². The number of methoxy groups -OCH3 is 2. The molecule has 1 aliphatic rings. The lowest BCUT2D eigenvalue weighted by Crippen LogP contribution is -2.43. The predicted molar refractivity (Wildman–Crippen MR) is 61.1 cm³/mol. The number of hydrogen-bond donors (Lipinski definition) is 1. The van der Waals surface area contributed by atoms with Gasteiger partial charge < -0.3 is 24.7 Å². The SMILES string of the molecule is COC(=O)C1=C(C)NC(C)=C(C(=O)OC)C1C(=O)[O-]. The summed E-state index contributed by atoms with van der Waals surface area (Å²) in [5.74, 6) is -4.76. The van der Waals surface area contributed by atoms with Gasteiger partial charge in [0.05, 0.1) is 37.3 Å². The highest BCUT2D eigenvalue weighted by Gasteiger charge is 2.37. The molecule has 0 aromatic rings. The lowest BCUT2D eigenvalue weighted by Gasteiger charge is -2.30. The van der Waals surface area contributed by atoms with E-state index in [0.717, 1.165) is 14.2 Å². The Hall–Kier alpha value is -2.31. The summed E-state index contributed by atoms with van der Waals surface area (Å²) in [6.45, 7) is 3.03. The molecule has 0 spiro atoms.